The Balaban J connectivity index is 2.34. The van der Waals surface area contributed by atoms with Crippen LogP contribution in [0.1, 0.15) is 6.42 Å². The van der Waals surface area contributed by atoms with Crippen LogP contribution in [0.25, 0.3) is 0 Å². The second kappa shape index (κ2) is 6.27. The van der Waals surface area contributed by atoms with Crippen molar-refractivity contribution in [3.8, 4) is 5.75 Å². The number of nitrogens with one attached hydrogen (secondary N) is 2. The quantitative estimate of drug-likeness (QED) is 0.676. The number of benzene rings is 1. The molecule has 3 heteroatoms. The van der Waals surface area contributed by atoms with Gasteiger partial charge in [0.05, 0.1) is 7.11 Å². The maximum Gasteiger partial charge on any atom is 0.120 e. The van der Waals surface area contributed by atoms with Gasteiger partial charge >= 0.3 is 0 Å². The van der Waals surface area contributed by atoms with Crippen LogP contribution in [0.5, 0.6) is 5.75 Å². The predicted molar refractivity (Wildman–Crippen MR) is 60.0 cm³/mol. The first kappa shape index (κ1) is 10.9. The summed E-state index contributed by atoms with van der Waals surface area (Å²) in [5.41, 5.74) is 1.11. The fourth-order valence-electron chi connectivity index (χ4n) is 1.23. The number of hydrogen-bond acceptors (Lipinski definition) is 3. The van der Waals surface area contributed by atoms with Gasteiger partial charge in [-0.25, -0.2) is 0 Å². The van der Waals surface area contributed by atoms with E-state index in [1.54, 1.807) is 7.11 Å². The highest BCUT2D eigenvalue weighted by molar-refractivity contribution is 5.47. The van der Waals surface area contributed by atoms with E-state index in [2.05, 4.69) is 10.6 Å². The zero-order chi connectivity index (χ0) is 10.2. The van der Waals surface area contributed by atoms with Crippen molar-refractivity contribution in [1.82, 2.24) is 5.32 Å². The molecule has 0 heterocycles. The van der Waals surface area contributed by atoms with Crippen LogP contribution in [0.15, 0.2) is 24.3 Å². The van der Waals surface area contributed by atoms with Gasteiger partial charge in [0.15, 0.2) is 0 Å². The molecule has 2 N–H and O–H groups in total. The molecule has 0 radical (unpaired) electrons. The summed E-state index contributed by atoms with van der Waals surface area (Å²) in [6.45, 7) is 2.02. The van der Waals surface area contributed by atoms with Crippen molar-refractivity contribution in [3.05, 3.63) is 24.3 Å². The zero-order valence-corrected chi connectivity index (χ0v) is 8.84. The molecule has 0 spiro atoms. The van der Waals surface area contributed by atoms with E-state index in [4.69, 9.17) is 4.74 Å². The second-order valence-electron chi connectivity index (χ2n) is 3.12. The smallest absolute Gasteiger partial charge is 0.120 e. The Morgan fingerprint density at radius 3 is 2.86 bits per heavy atom. The van der Waals surface area contributed by atoms with Gasteiger partial charge in [0, 0.05) is 18.3 Å². The molecular weight excluding hydrogens is 176 g/mol. The van der Waals surface area contributed by atoms with Crippen molar-refractivity contribution < 1.29 is 4.74 Å². The van der Waals surface area contributed by atoms with E-state index in [0.29, 0.717) is 0 Å². The molecule has 0 saturated heterocycles. The number of anilines is 1. The van der Waals surface area contributed by atoms with E-state index >= 15 is 0 Å². The lowest BCUT2D eigenvalue weighted by Crippen LogP contribution is -2.12. The SMILES string of the molecule is CNCCCNc1cccc(OC)c1. The summed E-state index contributed by atoms with van der Waals surface area (Å²) in [5, 5.41) is 6.45. The third kappa shape index (κ3) is 3.66. The normalized spacial score (nSPS) is 9.86. The van der Waals surface area contributed by atoms with Crippen molar-refractivity contribution in [3.63, 3.8) is 0 Å². The number of ether oxygens (including phenoxy) is 1. The van der Waals surface area contributed by atoms with Crippen LogP contribution in [0.4, 0.5) is 5.69 Å². The average Bonchev–Trinajstić information content (AvgIpc) is 2.25. The molecule has 1 aromatic carbocycles. The largest absolute Gasteiger partial charge is 0.497 e. The Morgan fingerprint density at radius 2 is 2.14 bits per heavy atom. The summed E-state index contributed by atoms with van der Waals surface area (Å²) in [5.74, 6) is 0.892. The lowest BCUT2D eigenvalue weighted by Gasteiger charge is -2.07. The van der Waals surface area contributed by atoms with Gasteiger partial charge in [-0.3, -0.25) is 0 Å². The molecule has 0 bridgehead atoms. The van der Waals surface area contributed by atoms with Crippen LogP contribution in [0, 0.1) is 0 Å². The molecule has 0 amide bonds. The Labute approximate surface area is 85.5 Å². The summed E-state index contributed by atoms with van der Waals surface area (Å²) in [6.07, 6.45) is 1.12. The molecule has 14 heavy (non-hydrogen) atoms. The average molecular weight is 194 g/mol. The third-order valence-electron chi connectivity index (χ3n) is 2.00. The minimum atomic E-state index is 0.892. The monoisotopic (exact) mass is 194 g/mol. The topological polar surface area (TPSA) is 33.3 Å². The van der Waals surface area contributed by atoms with Gasteiger partial charge in [0.25, 0.3) is 0 Å². The summed E-state index contributed by atoms with van der Waals surface area (Å²) in [4.78, 5) is 0. The minimum absolute atomic E-state index is 0.892. The van der Waals surface area contributed by atoms with Crippen molar-refractivity contribution in [2.24, 2.45) is 0 Å². The molecule has 0 aliphatic carbocycles. The highest BCUT2D eigenvalue weighted by atomic mass is 16.5. The molecule has 1 aromatic rings. The molecule has 0 aliphatic rings. The Morgan fingerprint density at radius 1 is 1.29 bits per heavy atom. The first-order valence-corrected chi connectivity index (χ1v) is 4.89. The highest BCUT2D eigenvalue weighted by Gasteiger charge is 1.93. The first-order valence-electron chi connectivity index (χ1n) is 4.89. The van der Waals surface area contributed by atoms with E-state index in [1.807, 2.05) is 31.3 Å². The fraction of sp³-hybridized carbons (Fsp3) is 0.455. The van der Waals surface area contributed by atoms with Gasteiger partial charge in [-0.15, -0.1) is 0 Å². The summed E-state index contributed by atoms with van der Waals surface area (Å²) < 4.78 is 5.13. The van der Waals surface area contributed by atoms with E-state index in [-0.39, 0.29) is 0 Å². The van der Waals surface area contributed by atoms with Crippen molar-refractivity contribution in [2.45, 2.75) is 6.42 Å². The lowest BCUT2D eigenvalue weighted by molar-refractivity contribution is 0.415. The standard InChI is InChI=1S/C11H18N2O/c1-12-7-4-8-13-10-5-3-6-11(9-10)14-2/h3,5-6,9,12-13H,4,7-8H2,1-2H3. The van der Waals surface area contributed by atoms with Crippen molar-refractivity contribution in [1.29, 1.82) is 0 Å². The van der Waals surface area contributed by atoms with E-state index < -0.39 is 0 Å². The molecule has 0 atom stereocenters. The Hall–Kier alpha value is -1.22. The van der Waals surface area contributed by atoms with Gasteiger partial charge in [0.2, 0.25) is 0 Å². The van der Waals surface area contributed by atoms with Gasteiger partial charge in [-0.1, -0.05) is 6.07 Å². The molecule has 0 unspecified atom stereocenters. The van der Waals surface area contributed by atoms with Crippen LogP contribution < -0.4 is 15.4 Å². The van der Waals surface area contributed by atoms with Crippen molar-refractivity contribution in [2.75, 3.05) is 32.6 Å². The summed E-state index contributed by atoms with van der Waals surface area (Å²) >= 11 is 0. The molecule has 3 nitrogen and oxygen atoms in total. The van der Waals surface area contributed by atoms with Crippen molar-refractivity contribution >= 4 is 5.69 Å². The molecule has 78 valence electrons. The van der Waals surface area contributed by atoms with Gasteiger partial charge in [-0.05, 0) is 32.1 Å². The molecule has 0 aliphatic heterocycles. The van der Waals surface area contributed by atoms with Crippen LogP contribution in [-0.2, 0) is 0 Å². The highest BCUT2D eigenvalue weighted by Crippen LogP contribution is 2.16. The van der Waals surface area contributed by atoms with Gasteiger partial charge in [-0.2, -0.15) is 0 Å². The minimum Gasteiger partial charge on any atom is -0.497 e. The Kier molecular flexibility index (Phi) is 4.86. The van der Waals surface area contributed by atoms with Crippen LogP contribution in [0.3, 0.4) is 0 Å². The lowest BCUT2D eigenvalue weighted by atomic mass is 10.3. The summed E-state index contributed by atoms with van der Waals surface area (Å²) in [7, 11) is 3.64. The molecule has 0 fully saturated rings. The molecule has 0 aromatic heterocycles. The maximum atomic E-state index is 5.13. The van der Waals surface area contributed by atoms with Gasteiger partial charge in [0.1, 0.15) is 5.75 Å². The molecule has 0 saturated carbocycles. The summed E-state index contributed by atoms with van der Waals surface area (Å²) in [6, 6.07) is 7.97. The zero-order valence-electron chi connectivity index (χ0n) is 8.84. The van der Waals surface area contributed by atoms with Gasteiger partial charge < -0.3 is 15.4 Å². The Bertz CT molecular complexity index is 263. The number of methoxy groups -OCH3 is 1. The predicted octanol–water partition coefficient (Wildman–Crippen LogP) is 1.72. The van der Waals surface area contributed by atoms with Crippen LogP contribution in [-0.4, -0.2) is 27.2 Å². The third-order valence-corrected chi connectivity index (χ3v) is 2.00. The fourth-order valence-corrected chi connectivity index (χ4v) is 1.23. The van der Waals surface area contributed by atoms with E-state index in [1.165, 1.54) is 0 Å². The van der Waals surface area contributed by atoms with E-state index in [0.717, 1.165) is 30.9 Å². The number of hydrogen-bond donors (Lipinski definition) is 2. The van der Waals surface area contributed by atoms with Crippen LogP contribution in [0.2, 0.25) is 0 Å². The maximum absolute atomic E-state index is 5.13. The number of rotatable bonds is 6. The van der Waals surface area contributed by atoms with Crippen LogP contribution >= 0.6 is 0 Å². The molecule has 1 rings (SSSR count). The molecular formula is C11H18N2O. The first-order chi connectivity index (χ1) is 6.86. The second-order valence-corrected chi connectivity index (χ2v) is 3.12. The van der Waals surface area contributed by atoms with E-state index in [9.17, 15) is 0 Å².